The van der Waals surface area contributed by atoms with Crippen LogP contribution < -0.4 is 0 Å². The minimum atomic E-state index is -3.70. The van der Waals surface area contributed by atoms with E-state index < -0.39 is 18.4 Å². The van der Waals surface area contributed by atoms with Crippen molar-refractivity contribution in [1.29, 1.82) is 0 Å². The molecule has 0 radical (unpaired) electrons. The van der Waals surface area contributed by atoms with Gasteiger partial charge in [0.2, 0.25) is 0 Å². The molecule has 17 heavy (non-hydrogen) atoms. The number of rotatable bonds is 3. The van der Waals surface area contributed by atoms with Crippen LogP contribution in [0.3, 0.4) is 0 Å². The van der Waals surface area contributed by atoms with Crippen molar-refractivity contribution < 1.29 is 22.7 Å². The predicted octanol–water partition coefficient (Wildman–Crippen LogP) is 2.71. The quantitative estimate of drug-likeness (QED) is 0.767. The average Bonchev–Trinajstić information content (AvgIpc) is 2.23. The monoisotopic (exact) mass is 248 g/mol. The van der Waals surface area contributed by atoms with Gasteiger partial charge in [-0.15, -0.1) is 0 Å². The van der Waals surface area contributed by atoms with Gasteiger partial charge in [0.05, 0.1) is 5.60 Å². The maximum Gasteiger partial charge on any atom is 0.384 e. The number of ketones is 1. The molecule has 4 bridgehead atoms. The zero-order chi connectivity index (χ0) is 12.3. The second-order valence-electron chi connectivity index (χ2n) is 5.80. The Kier molecular flexibility index (Phi) is 2.35. The maximum absolute atomic E-state index is 13.1. The van der Waals surface area contributed by atoms with Gasteiger partial charge in [0.25, 0.3) is 0 Å². The zero-order valence-corrected chi connectivity index (χ0v) is 9.43. The fourth-order valence-electron chi connectivity index (χ4n) is 4.14. The second kappa shape index (κ2) is 3.46. The number of hydrogen-bond donors (Lipinski definition) is 0. The number of carbonyl (C=O) groups is 1. The van der Waals surface area contributed by atoms with E-state index in [9.17, 15) is 18.0 Å². The molecule has 4 rings (SSSR count). The lowest BCUT2D eigenvalue weighted by Gasteiger charge is -2.55. The van der Waals surface area contributed by atoms with Crippen LogP contribution >= 0.6 is 0 Å². The number of Topliss-reactive ketones (excluding diaryl/α,β-unsaturated/α-hetero) is 1. The Hall–Kier alpha value is -0.580. The molecule has 2 nitrogen and oxygen atoms in total. The fourth-order valence-corrected chi connectivity index (χ4v) is 4.14. The third-order valence-electron chi connectivity index (χ3n) is 4.46. The van der Waals surface area contributed by atoms with Crippen LogP contribution in [-0.4, -0.2) is 24.2 Å². The molecule has 96 valence electrons. The molecule has 4 aliphatic carbocycles. The molecule has 0 saturated heterocycles. The van der Waals surface area contributed by atoms with Gasteiger partial charge in [0.15, 0.2) is 6.67 Å². The third kappa shape index (κ3) is 1.79. The van der Waals surface area contributed by atoms with Gasteiger partial charge < -0.3 is 4.74 Å². The summed E-state index contributed by atoms with van der Waals surface area (Å²) < 4.78 is 43.1. The van der Waals surface area contributed by atoms with Crippen molar-refractivity contribution in [2.75, 3.05) is 6.67 Å². The summed E-state index contributed by atoms with van der Waals surface area (Å²) in [6, 6.07) is 0. The summed E-state index contributed by atoms with van der Waals surface area (Å²) >= 11 is 0. The fraction of sp³-hybridized carbons (Fsp3) is 0.917. The van der Waals surface area contributed by atoms with Crippen LogP contribution in [0.25, 0.3) is 0 Å². The van der Waals surface area contributed by atoms with Gasteiger partial charge >= 0.3 is 6.11 Å². The van der Waals surface area contributed by atoms with Crippen LogP contribution in [-0.2, 0) is 9.53 Å². The topological polar surface area (TPSA) is 26.3 Å². The van der Waals surface area contributed by atoms with Crippen LogP contribution in [0.15, 0.2) is 0 Å². The Labute approximate surface area is 97.5 Å². The van der Waals surface area contributed by atoms with Crippen molar-refractivity contribution in [2.45, 2.75) is 43.8 Å². The summed E-state index contributed by atoms with van der Waals surface area (Å²) in [6.07, 6.45) is -0.816. The van der Waals surface area contributed by atoms with E-state index >= 15 is 0 Å². The molecule has 0 spiro atoms. The van der Waals surface area contributed by atoms with E-state index in [4.69, 9.17) is 4.74 Å². The molecular weight excluding hydrogens is 233 g/mol. The molecule has 4 aliphatic rings. The van der Waals surface area contributed by atoms with E-state index in [0.29, 0.717) is 25.2 Å². The maximum atomic E-state index is 13.1. The summed E-state index contributed by atoms with van der Waals surface area (Å²) in [6.45, 7) is -1.79. The first-order chi connectivity index (χ1) is 7.93. The van der Waals surface area contributed by atoms with Gasteiger partial charge in [-0.05, 0) is 38.0 Å². The average molecular weight is 248 g/mol. The third-order valence-corrected chi connectivity index (χ3v) is 4.46. The molecule has 0 amide bonds. The molecule has 0 heterocycles. The minimum absolute atomic E-state index is 0.128. The van der Waals surface area contributed by atoms with E-state index in [-0.39, 0.29) is 17.6 Å². The van der Waals surface area contributed by atoms with Crippen LogP contribution in [0.1, 0.15) is 32.1 Å². The van der Waals surface area contributed by atoms with Crippen LogP contribution in [0.4, 0.5) is 13.2 Å². The summed E-state index contributed by atoms with van der Waals surface area (Å²) in [7, 11) is 0. The Morgan fingerprint density at radius 1 is 1.24 bits per heavy atom. The molecule has 5 heteroatoms. The molecule has 4 fully saturated rings. The first-order valence-electron chi connectivity index (χ1n) is 6.11. The van der Waals surface area contributed by atoms with E-state index in [0.717, 1.165) is 12.8 Å². The Balaban J connectivity index is 1.83. The number of ether oxygens (including phenoxy) is 1. The molecule has 0 aromatic heterocycles. The summed E-state index contributed by atoms with van der Waals surface area (Å²) in [5.41, 5.74) is -0.944. The molecule has 4 saturated carbocycles. The summed E-state index contributed by atoms with van der Waals surface area (Å²) in [4.78, 5) is 11.8. The largest absolute Gasteiger partial charge is 0.384 e. The van der Waals surface area contributed by atoms with E-state index in [1.165, 1.54) is 0 Å². The van der Waals surface area contributed by atoms with Crippen LogP contribution in [0, 0.1) is 17.8 Å². The zero-order valence-electron chi connectivity index (χ0n) is 9.43. The summed E-state index contributed by atoms with van der Waals surface area (Å²) in [5.74, 6) is 0.262. The van der Waals surface area contributed by atoms with Gasteiger partial charge in [0, 0.05) is 11.8 Å². The van der Waals surface area contributed by atoms with Crippen LogP contribution in [0.5, 0.6) is 0 Å². The van der Waals surface area contributed by atoms with E-state index in [1.807, 2.05) is 0 Å². The SMILES string of the molecule is O=C1C2CC3CC1CC(OC(F)(F)CF)(C3)C2. The van der Waals surface area contributed by atoms with Crippen molar-refractivity contribution in [1.82, 2.24) is 0 Å². The lowest BCUT2D eigenvalue weighted by atomic mass is 9.53. The lowest BCUT2D eigenvalue weighted by Crippen LogP contribution is -2.58. The smallest absolute Gasteiger partial charge is 0.312 e. The van der Waals surface area contributed by atoms with E-state index in [2.05, 4.69) is 0 Å². The Morgan fingerprint density at radius 2 is 1.82 bits per heavy atom. The molecule has 0 N–H and O–H groups in total. The number of alkyl halides is 3. The van der Waals surface area contributed by atoms with Crippen molar-refractivity contribution in [3.8, 4) is 0 Å². The van der Waals surface area contributed by atoms with Gasteiger partial charge in [-0.25, -0.2) is 4.39 Å². The Morgan fingerprint density at radius 3 is 2.35 bits per heavy atom. The standard InChI is InChI=1S/C12H15F3O2/c13-6-12(14,15)17-11-3-7-1-8(4-11)10(16)9(2-7)5-11/h7-9H,1-6H2. The highest BCUT2D eigenvalue weighted by Gasteiger charge is 2.58. The van der Waals surface area contributed by atoms with Crippen molar-refractivity contribution in [2.24, 2.45) is 17.8 Å². The normalized spacial score (nSPS) is 44.4. The van der Waals surface area contributed by atoms with Crippen molar-refractivity contribution in [3.63, 3.8) is 0 Å². The van der Waals surface area contributed by atoms with Gasteiger partial charge in [-0.3, -0.25) is 4.79 Å². The number of carbonyl (C=O) groups excluding carboxylic acids is 1. The predicted molar refractivity (Wildman–Crippen MR) is 53.3 cm³/mol. The van der Waals surface area contributed by atoms with E-state index in [1.54, 1.807) is 0 Å². The second-order valence-corrected chi connectivity index (χ2v) is 5.80. The van der Waals surface area contributed by atoms with Crippen molar-refractivity contribution >= 4 is 5.78 Å². The minimum Gasteiger partial charge on any atom is -0.312 e. The first-order valence-corrected chi connectivity index (χ1v) is 6.11. The first kappa shape index (κ1) is 11.5. The van der Waals surface area contributed by atoms with Crippen LogP contribution in [0.2, 0.25) is 0 Å². The van der Waals surface area contributed by atoms with Gasteiger partial charge in [-0.1, -0.05) is 0 Å². The molecule has 2 unspecified atom stereocenters. The number of halogens is 3. The Bertz CT molecular complexity index is 338. The van der Waals surface area contributed by atoms with Gasteiger partial charge in [0.1, 0.15) is 5.78 Å². The highest BCUT2D eigenvalue weighted by Crippen LogP contribution is 2.56. The molecule has 0 aromatic carbocycles. The van der Waals surface area contributed by atoms with Gasteiger partial charge in [-0.2, -0.15) is 8.78 Å². The molecule has 0 aromatic rings. The molecule has 0 aliphatic heterocycles. The summed E-state index contributed by atoms with van der Waals surface area (Å²) in [5, 5.41) is 0. The highest BCUT2D eigenvalue weighted by atomic mass is 19.3. The molecule has 2 atom stereocenters. The lowest BCUT2D eigenvalue weighted by molar-refractivity contribution is -0.323. The number of hydrogen-bond acceptors (Lipinski definition) is 2. The highest BCUT2D eigenvalue weighted by molar-refractivity contribution is 5.85. The molecular formula is C12H15F3O2. The van der Waals surface area contributed by atoms with Crippen molar-refractivity contribution in [3.05, 3.63) is 0 Å².